The molecule has 0 bridgehead atoms. The Hall–Kier alpha value is -2.81. The van der Waals surface area contributed by atoms with Crippen LogP contribution < -0.4 is 4.74 Å². The number of fused-ring (bicyclic) bond motifs is 1. The zero-order chi connectivity index (χ0) is 15.5. The zero-order valence-electron chi connectivity index (χ0n) is 12.6. The fraction of sp³-hybridized carbons (Fsp3) is 0.105. The Morgan fingerprint density at radius 2 is 1.82 bits per heavy atom. The van der Waals surface area contributed by atoms with Crippen LogP contribution in [0.4, 0.5) is 0 Å². The number of nitrogens with zero attached hydrogens (tertiary/aromatic N) is 1. The van der Waals surface area contributed by atoms with Crippen LogP contribution in [-0.2, 0) is 7.05 Å². The number of hydrogen-bond acceptors (Lipinski definition) is 2. The number of allylic oxidation sites excluding steroid dienone is 1. The van der Waals surface area contributed by atoms with Gasteiger partial charge in [-0.15, -0.1) is 0 Å². The van der Waals surface area contributed by atoms with Crippen molar-refractivity contribution in [3.05, 3.63) is 71.9 Å². The van der Waals surface area contributed by atoms with E-state index >= 15 is 0 Å². The molecular weight excluding hydrogens is 274 g/mol. The molecule has 0 N–H and O–H groups in total. The van der Waals surface area contributed by atoms with E-state index in [1.54, 1.807) is 13.2 Å². The monoisotopic (exact) mass is 291 g/mol. The van der Waals surface area contributed by atoms with Gasteiger partial charge in [0.2, 0.25) is 0 Å². The summed E-state index contributed by atoms with van der Waals surface area (Å²) in [5.41, 5.74) is 2.75. The molecule has 0 radical (unpaired) electrons. The van der Waals surface area contributed by atoms with Crippen molar-refractivity contribution in [1.82, 2.24) is 4.57 Å². The van der Waals surface area contributed by atoms with Crippen LogP contribution in [0.3, 0.4) is 0 Å². The third-order valence-corrected chi connectivity index (χ3v) is 3.71. The van der Waals surface area contributed by atoms with Crippen molar-refractivity contribution in [2.24, 2.45) is 7.05 Å². The molecule has 0 aliphatic rings. The van der Waals surface area contributed by atoms with E-state index < -0.39 is 0 Å². The maximum absolute atomic E-state index is 12.4. The second kappa shape index (κ2) is 5.90. The summed E-state index contributed by atoms with van der Waals surface area (Å²) in [7, 11) is 3.58. The second-order valence-electron chi connectivity index (χ2n) is 5.14. The van der Waals surface area contributed by atoms with E-state index in [9.17, 15) is 4.79 Å². The van der Waals surface area contributed by atoms with Crippen molar-refractivity contribution in [3.8, 4) is 5.75 Å². The van der Waals surface area contributed by atoms with Crippen molar-refractivity contribution >= 4 is 22.8 Å². The molecule has 1 heterocycles. The van der Waals surface area contributed by atoms with E-state index in [0.29, 0.717) is 0 Å². The first kappa shape index (κ1) is 14.1. The van der Waals surface area contributed by atoms with E-state index in [-0.39, 0.29) is 5.78 Å². The minimum absolute atomic E-state index is 0.00705. The lowest BCUT2D eigenvalue weighted by molar-refractivity contribution is 0.104. The predicted molar refractivity (Wildman–Crippen MR) is 89.3 cm³/mol. The Kier molecular flexibility index (Phi) is 3.79. The minimum atomic E-state index is 0.00705. The van der Waals surface area contributed by atoms with Crippen LogP contribution >= 0.6 is 0 Å². The number of ether oxygens (including phenoxy) is 1. The molecule has 0 saturated heterocycles. The van der Waals surface area contributed by atoms with Gasteiger partial charge in [0.15, 0.2) is 5.78 Å². The Balaban J connectivity index is 1.88. The summed E-state index contributed by atoms with van der Waals surface area (Å²) in [6, 6.07) is 15.5. The first-order valence-corrected chi connectivity index (χ1v) is 7.09. The average molecular weight is 291 g/mol. The molecule has 0 amide bonds. The molecule has 3 rings (SSSR count). The van der Waals surface area contributed by atoms with Gasteiger partial charge in [0.25, 0.3) is 0 Å². The molecule has 0 aliphatic heterocycles. The number of carbonyl (C=O) groups is 1. The molecule has 2 aromatic carbocycles. The molecule has 0 fully saturated rings. The molecule has 0 atom stereocenters. The van der Waals surface area contributed by atoms with Gasteiger partial charge in [-0.2, -0.15) is 0 Å². The highest BCUT2D eigenvalue weighted by Gasteiger charge is 2.10. The van der Waals surface area contributed by atoms with Crippen molar-refractivity contribution < 1.29 is 9.53 Å². The summed E-state index contributed by atoms with van der Waals surface area (Å²) in [6.07, 6.45) is 5.32. The van der Waals surface area contributed by atoms with Gasteiger partial charge in [0.05, 0.1) is 7.11 Å². The van der Waals surface area contributed by atoms with E-state index in [1.807, 2.05) is 72.4 Å². The molecule has 0 aliphatic carbocycles. The van der Waals surface area contributed by atoms with Gasteiger partial charge >= 0.3 is 0 Å². The largest absolute Gasteiger partial charge is 0.497 e. The number of carbonyl (C=O) groups excluding carboxylic acids is 1. The third-order valence-electron chi connectivity index (χ3n) is 3.71. The highest BCUT2D eigenvalue weighted by Crippen LogP contribution is 2.21. The van der Waals surface area contributed by atoms with Crippen LogP contribution in [0.1, 0.15) is 15.9 Å². The van der Waals surface area contributed by atoms with Gasteiger partial charge in [-0.25, -0.2) is 0 Å². The minimum Gasteiger partial charge on any atom is -0.497 e. The van der Waals surface area contributed by atoms with E-state index in [1.165, 1.54) is 0 Å². The molecule has 3 nitrogen and oxygen atoms in total. The fourth-order valence-corrected chi connectivity index (χ4v) is 2.51. The number of para-hydroxylation sites is 1. The molecular formula is C19H17NO2. The van der Waals surface area contributed by atoms with Gasteiger partial charge in [0.1, 0.15) is 5.75 Å². The number of aryl methyl sites for hydroxylation is 1. The summed E-state index contributed by atoms with van der Waals surface area (Å²) in [6.45, 7) is 0. The lowest BCUT2D eigenvalue weighted by atomic mass is 10.1. The molecule has 0 saturated carbocycles. The lowest BCUT2D eigenvalue weighted by Crippen LogP contribution is -1.92. The third kappa shape index (κ3) is 2.66. The summed E-state index contributed by atoms with van der Waals surface area (Å²) in [5, 5.41) is 0.981. The average Bonchev–Trinajstić information content (AvgIpc) is 2.91. The number of benzene rings is 2. The van der Waals surface area contributed by atoms with Crippen LogP contribution in [0, 0.1) is 0 Å². The zero-order valence-corrected chi connectivity index (χ0v) is 12.6. The number of aromatic nitrogens is 1. The Morgan fingerprint density at radius 3 is 2.55 bits per heavy atom. The molecule has 3 heteroatoms. The summed E-state index contributed by atoms with van der Waals surface area (Å²) < 4.78 is 7.10. The quantitative estimate of drug-likeness (QED) is 0.535. The van der Waals surface area contributed by atoms with Crippen LogP contribution in [-0.4, -0.2) is 17.5 Å². The molecule has 1 aromatic heterocycles. The first-order chi connectivity index (χ1) is 10.7. The van der Waals surface area contributed by atoms with Crippen molar-refractivity contribution in [1.29, 1.82) is 0 Å². The molecule has 0 spiro atoms. The molecule has 110 valence electrons. The predicted octanol–water partition coefficient (Wildman–Crippen LogP) is 4.08. The highest BCUT2D eigenvalue weighted by atomic mass is 16.5. The highest BCUT2D eigenvalue weighted by molar-refractivity contribution is 6.14. The SMILES string of the molecule is COc1ccc(/C=C/C(=O)c2cn(C)c3ccccc23)cc1. The first-order valence-electron chi connectivity index (χ1n) is 7.09. The Morgan fingerprint density at radius 1 is 1.09 bits per heavy atom. The number of methoxy groups -OCH3 is 1. The molecule has 22 heavy (non-hydrogen) atoms. The maximum Gasteiger partial charge on any atom is 0.188 e. The van der Waals surface area contributed by atoms with E-state index in [4.69, 9.17) is 4.74 Å². The lowest BCUT2D eigenvalue weighted by Gasteiger charge is -1.99. The standard InChI is InChI=1S/C19H17NO2/c1-20-13-17(16-5-3-4-6-18(16)20)19(21)12-9-14-7-10-15(22-2)11-8-14/h3-13H,1-2H3/b12-9+. The Labute approximate surface area is 129 Å². The van der Waals surface area contributed by atoms with Gasteiger partial charge < -0.3 is 9.30 Å². The van der Waals surface area contributed by atoms with Crippen LogP contribution in [0.15, 0.2) is 60.8 Å². The van der Waals surface area contributed by atoms with E-state index in [2.05, 4.69) is 0 Å². The molecule has 0 unspecified atom stereocenters. The number of rotatable bonds is 4. The normalized spacial score (nSPS) is 11.2. The number of hydrogen-bond donors (Lipinski definition) is 0. The smallest absolute Gasteiger partial charge is 0.188 e. The van der Waals surface area contributed by atoms with E-state index in [0.717, 1.165) is 27.8 Å². The van der Waals surface area contributed by atoms with Crippen molar-refractivity contribution in [2.45, 2.75) is 0 Å². The fourth-order valence-electron chi connectivity index (χ4n) is 2.51. The van der Waals surface area contributed by atoms with Gasteiger partial charge in [-0.1, -0.05) is 36.4 Å². The van der Waals surface area contributed by atoms with Crippen LogP contribution in [0.2, 0.25) is 0 Å². The van der Waals surface area contributed by atoms with Gasteiger partial charge in [-0.05, 0) is 29.8 Å². The molecule has 3 aromatic rings. The summed E-state index contributed by atoms with van der Waals surface area (Å²) in [4.78, 5) is 12.4. The summed E-state index contributed by atoms with van der Waals surface area (Å²) in [5.74, 6) is 0.810. The van der Waals surface area contributed by atoms with Crippen LogP contribution in [0.25, 0.3) is 17.0 Å². The van der Waals surface area contributed by atoms with Gasteiger partial charge in [-0.3, -0.25) is 4.79 Å². The topological polar surface area (TPSA) is 31.2 Å². The second-order valence-corrected chi connectivity index (χ2v) is 5.14. The number of ketones is 1. The van der Waals surface area contributed by atoms with Gasteiger partial charge in [0, 0.05) is 29.7 Å². The maximum atomic E-state index is 12.4. The van der Waals surface area contributed by atoms with Crippen molar-refractivity contribution in [3.63, 3.8) is 0 Å². The van der Waals surface area contributed by atoms with Crippen LogP contribution in [0.5, 0.6) is 5.75 Å². The summed E-state index contributed by atoms with van der Waals surface area (Å²) >= 11 is 0. The van der Waals surface area contributed by atoms with Crippen molar-refractivity contribution in [2.75, 3.05) is 7.11 Å². The Bertz CT molecular complexity index is 842.